The molecule has 0 spiro atoms. The Labute approximate surface area is 278 Å². The highest BCUT2D eigenvalue weighted by atomic mass is 16.7. The quantitative estimate of drug-likeness (QED) is 0.160. The summed E-state index contributed by atoms with van der Waals surface area (Å²) in [7, 11) is 0. The van der Waals surface area contributed by atoms with Crippen molar-refractivity contribution in [1.82, 2.24) is 0 Å². The Hall–Kier alpha value is -1.15. The first-order valence-electron chi connectivity index (χ1n) is 17.7. The summed E-state index contributed by atoms with van der Waals surface area (Å²) in [4.78, 5) is 14.5. The smallest absolute Gasteiger partial charge is 0.315 e. The molecule has 1 aliphatic heterocycles. The Kier molecular flexibility index (Phi) is 8.68. The van der Waals surface area contributed by atoms with E-state index in [1.54, 1.807) is 0 Å². The van der Waals surface area contributed by atoms with Crippen molar-refractivity contribution in [2.24, 2.45) is 50.7 Å². The molecule has 11 heteroatoms. The van der Waals surface area contributed by atoms with Crippen LogP contribution in [0.15, 0.2) is 11.6 Å². The van der Waals surface area contributed by atoms with Gasteiger partial charge in [0.2, 0.25) is 6.29 Å². The molecule has 6 rings (SSSR count). The number of rotatable bonds is 4. The van der Waals surface area contributed by atoms with Gasteiger partial charge in [0.15, 0.2) is 0 Å². The monoisotopic (exact) mass is 666 g/mol. The molecule has 11 nitrogen and oxygen atoms in total. The summed E-state index contributed by atoms with van der Waals surface area (Å²) < 4.78 is 11.4. The van der Waals surface area contributed by atoms with Crippen molar-refractivity contribution in [2.75, 3.05) is 13.2 Å². The van der Waals surface area contributed by atoms with Gasteiger partial charge in [-0.15, -0.1) is 0 Å². The molecule has 0 aromatic heterocycles. The van der Waals surface area contributed by atoms with E-state index in [2.05, 4.69) is 26.8 Å². The van der Waals surface area contributed by atoms with Crippen molar-refractivity contribution in [3.63, 3.8) is 0 Å². The second-order valence-electron chi connectivity index (χ2n) is 17.5. The zero-order valence-corrected chi connectivity index (χ0v) is 28.8. The van der Waals surface area contributed by atoms with E-state index in [1.807, 2.05) is 20.8 Å². The van der Waals surface area contributed by atoms with Gasteiger partial charge in [0, 0.05) is 11.3 Å². The Balaban J connectivity index is 1.40. The third-order valence-electron chi connectivity index (χ3n) is 15.6. The standard InChI is InChI=1S/C36H58O11/c1-18-9-12-36(30(44)47-29-26(42)25(41)24(40)21(16-37)46-29)14-13-33(4)19(27(36)35(18,6)45)7-8-23-31(2)15-20(39)28(43)32(3,17-38)22(31)10-11-34(23,33)5/h7,18,20-29,37-43,45H,8-17H2,1-6H3/t18-,20-,21-,22-,23-,24-,25+,26-,27-,28+,29+,31+,32-,33-,34-,35-,36+/m1/s1. The lowest BCUT2D eigenvalue weighted by atomic mass is 9.33. The number of esters is 1. The number of aliphatic hydroxyl groups excluding tert-OH is 7. The van der Waals surface area contributed by atoms with Crippen molar-refractivity contribution >= 4 is 5.97 Å². The molecule has 17 atom stereocenters. The van der Waals surface area contributed by atoms with Crippen LogP contribution in [0.5, 0.6) is 0 Å². The van der Waals surface area contributed by atoms with E-state index in [0.29, 0.717) is 38.5 Å². The highest BCUT2D eigenvalue weighted by Gasteiger charge is 2.72. The van der Waals surface area contributed by atoms with E-state index in [-0.39, 0.29) is 35.2 Å². The fourth-order valence-electron chi connectivity index (χ4n) is 12.4. The van der Waals surface area contributed by atoms with E-state index in [4.69, 9.17) is 9.47 Å². The molecule has 4 saturated carbocycles. The van der Waals surface area contributed by atoms with Crippen LogP contribution in [0, 0.1) is 50.7 Å². The van der Waals surface area contributed by atoms with E-state index < -0.39 is 83.3 Å². The molecule has 0 bridgehead atoms. The zero-order valence-electron chi connectivity index (χ0n) is 28.8. The summed E-state index contributed by atoms with van der Waals surface area (Å²) >= 11 is 0. The molecule has 268 valence electrons. The van der Waals surface area contributed by atoms with Gasteiger partial charge in [-0.3, -0.25) is 4.79 Å². The van der Waals surface area contributed by atoms with E-state index >= 15 is 0 Å². The van der Waals surface area contributed by atoms with E-state index in [1.165, 1.54) is 0 Å². The topological polar surface area (TPSA) is 197 Å². The van der Waals surface area contributed by atoms with Gasteiger partial charge < -0.3 is 50.3 Å². The average molecular weight is 667 g/mol. The van der Waals surface area contributed by atoms with Gasteiger partial charge in [-0.1, -0.05) is 46.3 Å². The van der Waals surface area contributed by atoms with Gasteiger partial charge in [-0.05, 0) is 92.3 Å². The molecular weight excluding hydrogens is 608 g/mol. The fourth-order valence-corrected chi connectivity index (χ4v) is 12.4. The van der Waals surface area contributed by atoms with Crippen molar-refractivity contribution in [1.29, 1.82) is 0 Å². The summed E-state index contributed by atoms with van der Waals surface area (Å²) in [6.07, 6.45) is -2.75. The van der Waals surface area contributed by atoms with Crippen molar-refractivity contribution in [3.05, 3.63) is 11.6 Å². The molecule has 47 heavy (non-hydrogen) atoms. The normalized spacial score (nSPS) is 57.5. The summed E-state index contributed by atoms with van der Waals surface area (Å²) in [5.41, 5.74) is -3.27. The summed E-state index contributed by atoms with van der Waals surface area (Å²) in [6, 6.07) is 0. The van der Waals surface area contributed by atoms with E-state index in [0.717, 1.165) is 18.4 Å². The van der Waals surface area contributed by atoms with Crippen LogP contribution in [0.3, 0.4) is 0 Å². The van der Waals surface area contributed by atoms with Crippen LogP contribution in [0.25, 0.3) is 0 Å². The highest BCUT2D eigenvalue weighted by Crippen LogP contribution is 2.76. The van der Waals surface area contributed by atoms with Crippen LogP contribution < -0.4 is 0 Å². The third kappa shape index (κ3) is 4.60. The lowest BCUT2D eigenvalue weighted by Gasteiger charge is -2.72. The largest absolute Gasteiger partial charge is 0.432 e. The van der Waals surface area contributed by atoms with Gasteiger partial charge in [0.1, 0.15) is 24.4 Å². The average Bonchev–Trinajstić information content (AvgIpc) is 3.02. The number of fused-ring (bicyclic) bond motifs is 7. The number of ether oxygens (including phenoxy) is 2. The first kappa shape index (κ1) is 35.7. The maximum Gasteiger partial charge on any atom is 0.315 e. The third-order valence-corrected chi connectivity index (χ3v) is 15.6. The van der Waals surface area contributed by atoms with Crippen LogP contribution in [0.2, 0.25) is 0 Å². The van der Waals surface area contributed by atoms with Gasteiger partial charge in [-0.2, -0.15) is 0 Å². The molecule has 1 saturated heterocycles. The van der Waals surface area contributed by atoms with Gasteiger partial charge >= 0.3 is 5.97 Å². The Morgan fingerprint density at radius 1 is 0.915 bits per heavy atom. The molecule has 0 unspecified atom stereocenters. The van der Waals surface area contributed by atoms with Gasteiger partial charge in [0.25, 0.3) is 0 Å². The predicted molar refractivity (Wildman–Crippen MR) is 169 cm³/mol. The first-order valence-corrected chi connectivity index (χ1v) is 17.7. The first-order chi connectivity index (χ1) is 21.8. The second kappa shape index (κ2) is 11.4. The highest BCUT2D eigenvalue weighted by molar-refractivity contribution is 5.79. The molecule has 5 aliphatic carbocycles. The number of hydrogen-bond acceptors (Lipinski definition) is 11. The molecule has 8 N–H and O–H groups in total. The Morgan fingerprint density at radius 2 is 1.60 bits per heavy atom. The lowest BCUT2D eigenvalue weighted by Crippen LogP contribution is -2.69. The minimum Gasteiger partial charge on any atom is -0.432 e. The molecule has 1 heterocycles. The van der Waals surface area contributed by atoms with Crippen molar-refractivity contribution in [3.8, 4) is 0 Å². The zero-order chi connectivity index (χ0) is 34.7. The maximum atomic E-state index is 14.5. The summed E-state index contributed by atoms with van der Waals surface area (Å²) in [5, 5.41) is 86.2. The second-order valence-corrected chi connectivity index (χ2v) is 17.5. The SMILES string of the molecule is C[C@@H]1CC[C@]2(C(=O)O[C@@H]3O[C@H](CO)[C@@H](O)[C@H](O)[C@H]3O)CC[C@]3(C)C(=CC[C@@H]4[C@@]5(C)C[C@@H](O)[C@H](O)[C@](C)(CO)[C@@H]5CC[C@]43C)[C@@H]2[C@]1(C)O. The van der Waals surface area contributed by atoms with Crippen molar-refractivity contribution in [2.45, 2.75) is 141 Å². The van der Waals surface area contributed by atoms with Gasteiger partial charge in [-0.25, -0.2) is 0 Å². The lowest BCUT2D eigenvalue weighted by molar-refractivity contribution is -0.299. The molecule has 0 aromatic carbocycles. The van der Waals surface area contributed by atoms with Crippen LogP contribution in [0.4, 0.5) is 0 Å². The molecular formula is C36H58O11. The number of allylic oxidation sites excluding steroid dienone is 1. The Morgan fingerprint density at radius 3 is 2.23 bits per heavy atom. The minimum absolute atomic E-state index is 0.00373. The van der Waals surface area contributed by atoms with Gasteiger partial charge in [0.05, 0.1) is 36.4 Å². The number of aliphatic hydroxyl groups is 8. The number of carbonyl (C=O) groups excluding carboxylic acids is 1. The van der Waals surface area contributed by atoms with Crippen LogP contribution in [-0.2, 0) is 14.3 Å². The number of hydrogen-bond donors (Lipinski definition) is 8. The molecule has 5 fully saturated rings. The molecule has 6 aliphatic rings. The van der Waals surface area contributed by atoms with Crippen LogP contribution >= 0.6 is 0 Å². The fraction of sp³-hybridized carbons (Fsp3) is 0.917. The summed E-state index contributed by atoms with van der Waals surface area (Å²) in [5.74, 6) is -1.23. The molecule has 0 aromatic rings. The predicted octanol–water partition coefficient (Wildman–Crippen LogP) is 1.41. The van der Waals surface area contributed by atoms with Crippen LogP contribution in [0.1, 0.15) is 92.9 Å². The maximum absolute atomic E-state index is 14.5. The summed E-state index contributed by atoms with van der Waals surface area (Å²) in [6.45, 7) is 11.6. The molecule has 0 amide bonds. The van der Waals surface area contributed by atoms with E-state index in [9.17, 15) is 45.6 Å². The minimum atomic E-state index is -1.72. The molecule has 0 radical (unpaired) electrons. The number of carbonyl (C=O) groups is 1. The Bertz CT molecular complexity index is 1270. The van der Waals surface area contributed by atoms with Crippen molar-refractivity contribution < 1.29 is 55.1 Å². The van der Waals surface area contributed by atoms with Crippen LogP contribution in [-0.4, -0.2) is 109 Å².